The van der Waals surface area contributed by atoms with Crippen LogP contribution in [0.3, 0.4) is 0 Å². The maximum Gasteiger partial charge on any atom is 0.188 e. The summed E-state index contributed by atoms with van der Waals surface area (Å²) in [6, 6.07) is 8.61. The monoisotopic (exact) mass is 164 g/mol. The lowest BCUT2D eigenvalue weighted by molar-refractivity contribution is 0.104. The Labute approximate surface area is 70.5 Å². The maximum absolute atomic E-state index is 12.3. The first-order valence-corrected chi connectivity index (χ1v) is 3.63. The van der Waals surface area contributed by atoms with Gasteiger partial charge in [0.1, 0.15) is 5.83 Å². The number of halogens is 1. The minimum absolute atomic E-state index is 0.296. The van der Waals surface area contributed by atoms with E-state index < -0.39 is 5.83 Å². The van der Waals surface area contributed by atoms with Crippen molar-refractivity contribution in [1.82, 2.24) is 0 Å². The molecule has 62 valence electrons. The van der Waals surface area contributed by atoms with E-state index in [9.17, 15) is 9.18 Å². The predicted octanol–water partition coefficient (Wildman–Crippen LogP) is 2.74. The van der Waals surface area contributed by atoms with Crippen LogP contribution in [0, 0.1) is 0 Å². The molecule has 12 heavy (non-hydrogen) atoms. The van der Waals surface area contributed by atoms with Crippen LogP contribution in [-0.2, 0) is 0 Å². The molecule has 0 aliphatic rings. The molecule has 0 aliphatic heterocycles. The highest BCUT2D eigenvalue weighted by Gasteiger charge is 2.00. The van der Waals surface area contributed by atoms with Crippen molar-refractivity contribution in [2.75, 3.05) is 0 Å². The van der Waals surface area contributed by atoms with Gasteiger partial charge >= 0.3 is 0 Å². The van der Waals surface area contributed by atoms with Gasteiger partial charge < -0.3 is 0 Å². The molecule has 0 saturated heterocycles. The van der Waals surface area contributed by atoms with Gasteiger partial charge in [-0.3, -0.25) is 4.79 Å². The highest BCUT2D eigenvalue weighted by molar-refractivity contribution is 6.04. The SMILES string of the molecule is C/C(F)=C\C(=O)c1ccccc1. The Morgan fingerprint density at radius 1 is 1.33 bits per heavy atom. The van der Waals surface area contributed by atoms with Crippen molar-refractivity contribution in [2.45, 2.75) is 6.92 Å². The summed E-state index contributed by atoms with van der Waals surface area (Å²) in [4.78, 5) is 11.1. The Kier molecular flexibility index (Phi) is 2.75. The van der Waals surface area contributed by atoms with Crippen molar-refractivity contribution in [3.63, 3.8) is 0 Å². The van der Waals surface area contributed by atoms with Crippen molar-refractivity contribution in [1.29, 1.82) is 0 Å². The first-order chi connectivity index (χ1) is 5.70. The first kappa shape index (κ1) is 8.65. The van der Waals surface area contributed by atoms with Gasteiger partial charge in [-0.1, -0.05) is 30.3 Å². The lowest BCUT2D eigenvalue weighted by Crippen LogP contribution is -1.93. The van der Waals surface area contributed by atoms with E-state index in [1.807, 2.05) is 6.07 Å². The molecule has 0 spiro atoms. The standard InChI is InChI=1S/C10H9FO/c1-8(11)7-10(12)9-5-3-2-4-6-9/h2-7H,1H3/b8-7+. The van der Waals surface area contributed by atoms with Crippen LogP contribution in [0.2, 0.25) is 0 Å². The third kappa shape index (κ3) is 2.31. The minimum atomic E-state index is -0.469. The van der Waals surface area contributed by atoms with Gasteiger partial charge in [-0.15, -0.1) is 0 Å². The molecule has 1 aromatic rings. The van der Waals surface area contributed by atoms with Crippen molar-refractivity contribution in [2.24, 2.45) is 0 Å². The molecule has 0 unspecified atom stereocenters. The molecule has 1 nitrogen and oxygen atoms in total. The minimum Gasteiger partial charge on any atom is -0.289 e. The molecule has 1 aromatic carbocycles. The van der Waals surface area contributed by atoms with Gasteiger partial charge in [0.15, 0.2) is 5.78 Å². The number of carbonyl (C=O) groups excluding carboxylic acids is 1. The molecule has 0 aliphatic carbocycles. The molecule has 0 saturated carbocycles. The zero-order chi connectivity index (χ0) is 8.97. The van der Waals surface area contributed by atoms with E-state index >= 15 is 0 Å². The number of hydrogen-bond acceptors (Lipinski definition) is 1. The van der Waals surface area contributed by atoms with Gasteiger partial charge in [-0.05, 0) is 6.92 Å². The average Bonchev–Trinajstić information content (AvgIpc) is 2.05. The van der Waals surface area contributed by atoms with Crippen LogP contribution in [-0.4, -0.2) is 5.78 Å². The Hall–Kier alpha value is -1.44. The zero-order valence-electron chi connectivity index (χ0n) is 6.75. The maximum atomic E-state index is 12.3. The number of hydrogen-bond donors (Lipinski definition) is 0. The van der Waals surface area contributed by atoms with E-state index in [1.54, 1.807) is 24.3 Å². The molecule has 0 N–H and O–H groups in total. The lowest BCUT2D eigenvalue weighted by atomic mass is 10.1. The van der Waals surface area contributed by atoms with Crippen LogP contribution in [0.5, 0.6) is 0 Å². The smallest absolute Gasteiger partial charge is 0.188 e. The van der Waals surface area contributed by atoms with Crippen LogP contribution >= 0.6 is 0 Å². The Morgan fingerprint density at radius 3 is 2.42 bits per heavy atom. The fraction of sp³-hybridized carbons (Fsp3) is 0.100. The number of allylic oxidation sites excluding steroid dienone is 2. The van der Waals surface area contributed by atoms with E-state index in [0.29, 0.717) is 5.56 Å². The second-order valence-corrected chi connectivity index (χ2v) is 2.46. The Balaban J connectivity index is 2.87. The molecule has 1 rings (SSSR count). The summed E-state index contributed by atoms with van der Waals surface area (Å²) in [5.74, 6) is -0.764. The summed E-state index contributed by atoms with van der Waals surface area (Å²) in [6.45, 7) is 1.25. The Morgan fingerprint density at radius 2 is 1.92 bits per heavy atom. The van der Waals surface area contributed by atoms with Gasteiger partial charge in [-0.25, -0.2) is 4.39 Å². The van der Waals surface area contributed by atoms with Gasteiger partial charge in [0.2, 0.25) is 0 Å². The number of ketones is 1. The van der Waals surface area contributed by atoms with Crippen LogP contribution in [0.1, 0.15) is 17.3 Å². The normalized spacial score (nSPS) is 11.3. The summed E-state index contributed by atoms with van der Waals surface area (Å²) in [5, 5.41) is 0. The summed E-state index contributed by atoms with van der Waals surface area (Å²) in [5.41, 5.74) is 0.509. The van der Waals surface area contributed by atoms with Gasteiger partial charge in [0.25, 0.3) is 0 Å². The van der Waals surface area contributed by atoms with Gasteiger partial charge in [-0.2, -0.15) is 0 Å². The fourth-order valence-electron chi connectivity index (χ4n) is 0.866. The molecular formula is C10H9FO. The molecule has 0 aromatic heterocycles. The van der Waals surface area contributed by atoms with E-state index in [-0.39, 0.29) is 5.78 Å². The van der Waals surface area contributed by atoms with Crippen molar-refractivity contribution >= 4 is 5.78 Å². The molecule has 0 radical (unpaired) electrons. The van der Waals surface area contributed by atoms with Crippen LogP contribution in [0.4, 0.5) is 4.39 Å². The zero-order valence-corrected chi connectivity index (χ0v) is 6.75. The largest absolute Gasteiger partial charge is 0.289 e. The molecule has 0 fully saturated rings. The van der Waals surface area contributed by atoms with Crippen molar-refractivity contribution in [3.05, 3.63) is 47.8 Å². The number of carbonyl (C=O) groups is 1. The van der Waals surface area contributed by atoms with Crippen LogP contribution < -0.4 is 0 Å². The summed E-state index contributed by atoms with van der Waals surface area (Å²) in [7, 11) is 0. The van der Waals surface area contributed by atoms with Gasteiger partial charge in [0.05, 0.1) is 0 Å². The summed E-state index contributed by atoms with van der Waals surface area (Å²) >= 11 is 0. The van der Waals surface area contributed by atoms with E-state index in [1.165, 1.54) is 6.92 Å². The van der Waals surface area contributed by atoms with Crippen LogP contribution in [0.25, 0.3) is 0 Å². The van der Waals surface area contributed by atoms with Crippen molar-refractivity contribution < 1.29 is 9.18 Å². The molecular weight excluding hydrogens is 155 g/mol. The predicted molar refractivity (Wildman–Crippen MR) is 45.6 cm³/mol. The highest BCUT2D eigenvalue weighted by Crippen LogP contribution is 2.03. The van der Waals surface area contributed by atoms with Crippen molar-refractivity contribution in [3.8, 4) is 0 Å². The first-order valence-electron chi connectivity index (χ1n) is 3.63. The molecule has 0 atom stereocenters. The third-order valence-corrected chi connectivity index (χ3v) is 1.39. The van der Waals surface area contributed by atoms with E-state index in [2.05, 4.69) is 0 Å². The third-order valence-electron chi connectivity index (χ3n) is 1.39. The summed E-state index contributed by atoms with van der Waals surface area (Å²) < 4.78 is 12.3. The number of benzene rings is 1. The Bertz CT molecular complexity index is 297. The molecule has 0 heterocycles. The molecule has 0 amide bonds. The lowest BCUT2D eigenvalue weighted by Gasteiger charge is -1.92. The van der Waals surface area contributed by atoms with E-state index in [4.69, 9.17) is 0 Å². The molecule has 0 bridgehead atoms. The highest BCUT2D eigenvalue weighted by atomic mass is 19.1. The topological polar surface area (TPSA) is 17.1 Å². The number of rotatable bonds is 2. The second-order valence-electron chi connectivity index (χ2n) is 2.46. The quantitative estimate of drug-likeness (QED) is 0.485. The molecule has 2 heteroatoms. The summed E-state index contributed by atoms with van der Waals surface area (Å²) in [6.07, 6.45) is 0.981. The van der Waals surface area contributed by atoms with Crippen LogP contribution in [0.15, 0.2) is 42.2 Å². The second kappa shape index (κ2) is 3.81. The fourth-order valence-corrected chi connectivity index (χ4v) is 0.866. The average molecular weight is 164 g/mol. The van der Waals surface area contributed by atoms with E-state index in [0.717, 1.165) is 6.08 Å². The van der Waals surface area contributed by atoms with Gasteiger partial charge in [0, 0.05) is 11.6 Å².